The van der Waals surface area contributed by atoms with Crippen LogP contribution >= 0.6 is 0 Å². The van der Waals surface area contributed by atoms with Crippen molar-refractivity contribution < 1.29 is 14.3 Å². The topological polar surface area (TPSA) is 93.1 Å². The zero-order chi connectivity index (χ0) is 14.0. The molecule has 1 aromatic heterocycles. The Bertz CT molecular complexity index is 568. The van der Waals surface area contributed by atoms with E-state index < -0.39 is 6.09 Å². The van der Waals surface area contributed by atoms with E-state index in [1.54, 1.807) is 11.2 Å². The van der Waals surface area contributed by atoms with Crippen LogP contribution in [0.1, 0.15) is 16.9 Å². The van der Waals surface area contributed by atoms with E-state index in [0.29, 0.717) is 24.3 Å². The summed E-state index contributed by atoms with van der Waals surface area (Å²) in [5.41, 5.74) is 1.17. The second-order valence-electron chi connectivity index (χ2n) is 4.46. The van der Waals surface area contributed by atoms with E-state index in [2.05, 4.69) is 11.1 Å². The van der Waals surface area contributed by atoms with Gasteiger partial charge in [-0.15, -0.1) is 0 Å². The Hall–Kier alpha value is -2.49. The predicted octanol–water partition coefficient (Wildman–Crippen LogP) is 1.41. The molecule has 100 valence electrons. The van der Waals surface area contributed by atoms with E-state index in [1.165, 1.54) is 4.90 Å². The number of nitriles is 1. The molecule has 7 heteroatoms. The third-order valence-electron chi connectivity index (χ3n) is 2.83. The zero-order valence-electron chi connectivity index (χ0n) is 10.8. The van der Waals surface area contributed by atoms with Crippen LogP contribution in [-0.4, -0.2) is 48.0 Å². The standard InChI is InChI=1S/C12H14N4O3/c1-15(2)7-14-11-9(5-13)8-3-4-16(12(17)18)6-10(8)19-11/h7H,3-4,6H2,1-2H3,(H,17,18). The number of furan rings is 1. The van der Waals surface area contributed by atoms with Crippen molar-refractivity contribution in [2.24, 2.45) is 4.99 Å². The summed E-state index contributed by atoms with van der Waals surface area (Å²) >= 11 is 0. The number of hydrogen-bond donors (Lipinski definition) is 1. The van der Waals surface area contributed by atoms with Crippen LogP contribution in [-0.2, 0) is 13.0 Å². The fraction of sp³-hybridized carbons (Fsp3) is 0.417. The molecule has 7 nitrogen and oxygen atoms in total. The Morgan fingerprint density at radius 2 is 2.37 bits per heavy atom. The van der Waals surface area contributed by atoms with Crippen LogP contribution < -0.4 is 0 Å². The number of carboxylic acid groups (broad SMARTS) is 1. The minimum Gasteiger partial charge on any atom is -0.465 e. The quantitative estimate of drug-likeness (QED) is 0.642. The number of amides is 1. The maximum Gasteiger partial charge on any atom is 0.407 e. The molecule has 0 saturated carbocycles. The van der Waals surface area contributed by atoms with Gasteiger partial charge in [-0.25, -0.2) is 9.79 Å². The average Bonchev–Trinajstić information content (AvgIpc) is 2.72. The summed E-state index contributed by atoms with van der Waals surface area (Å²) in [5, 5.41) is 18.1. The van der Waals surface area contributed by atoms with Gasteiger partial charge in [0, 0.05) is 26.2 Å². The lowest BCUT2D eigenvalue weighted by molar-refractivity contribution is 0.135. The Labute approximate surface area is 110 Å². The van der Waals surface area contributed by atoms with Crippen molar-refractivity contribution in [1.82, 2.24) is 9.80 Å². The highest BCUT2D eigenvalue weighted by molar-refractivity contribution is 5.67. The molecular weight excluding hydrogens is 248 g/mol. The third-order valence-corrected chi connectivity index (χ3v) is 2.83. The highest BCUT2D eigenvalue weighted by Gasteiger charge is 2.28. The van der Waals surface area contributed by atoms with Crippen molar-refractivity contribution in [3.05, 3.63) is 16.9 Å². The van der Waals surface area contributed by atoms with E-state index >= 15 is 0 Å². The summed E-state index contributed by atoms with van der Waals surface area (Å²) < 4.78 is 5.51. The molecule has 0 unspecified atom stereocenters. The highest BCUT2D eigenvalue weighted by Crippen LogP contribution is 2.32. The first-order chi connectivity index (χ1) is 9.02. The highest BCUT2D eigenvalue weighted by atomic mass is 16.4. The van der Waals surface area contributed by atoms with E-state index in [4.69, 9.17) is 9.52 Å². The minimum absolute atomic E-state index is 0.164. The van der Waals surface area contributed by atoms with Crippen LogP contribution in [0.3, 0.4) is 0 Å². The van der Waals surface area contributed by atoms with Crippen molar-refractivity contribution in [1.29, 1.82) is 5.26 Å². The van der Waals surface area contributed by atoms with Crippen molar-refractivity contribution in [3.63, 3.8) is 0 Å². The molecule has 1 aromatic rings. The third kappa shape index (κ3) is 2.52. The van der Waals surface area contributed by atoms with E-state index in [1.807, 2.05) is 14.1 Å². The first kappa shape index (κ1) is 13.0. The van der Waals surface area contributed by atoms with Crippen LogP contribution in [0.5, 0.6) is 0 Å². The van der Waals surface area contributed by atoms with Crippen LogP contribution in [0.2, 0.25) is 0 Å². The van der Waals surface area contributed by atoms with Gasteiger partial charge in [-0.3, -0.25) is 0 Å². The van der Waals surface area contributed by atoms with Gasteiger partial charge in [0.2, 0.25) is 5.88 Å². The summed E-state index contributed by atoms with van der Waals surface area (Å²) in [7, 11) is 3.62. The molecule has 1 aliphatic rings. The summed E-state index contributed by atoms with van der Waals surface area (Å²) in [5.74, 6) is 0.754. The van der Waals surface area contributed by atoms with Crippen LogP contribution in [0.4, 0.5) is 10.7 Å². The smallest absolute Gasteiger partial charge is 0.407 e. The van der Waals surface area contributed by atoms with Crippen LogP contribution in [0, 0.1) is 11.3 Å². The molecule has 0 bridgehead atoms. The Morgan fingerprint density at radius 3 is 2.95 bits per heavy atom. The number of rotatable bonds is 2. The van der Waals surface area contributed by atoms with Crippen molar-refractivity contribution in [3.8, 4) is 6.07 Å². The van der Waals surface area contributed by atoms with Crippen molar-refractivity contribution in [2.45, 2.75) is 13.0 Å². The van der Waals surface area contributed by atoms with Gasteiger partial charge in [-0.1, -0.05) is 0 Å². The van der Waals surface area contributed by atoms with Gasteiger partial charge in [0.15, 0.2) is 0 Å². The summed E-state index contributed by atoms with van der Waals surface area (Å²) in [6.07, 6.45) is 1.03. The second kappa shape index (κ2) is 5.02. The SMILES string of the molecule is CN(C)C=Nc1oc2c(c1C#N)CCN(C(=O)O)C2. The molecule has 0 atom stereocenters. The molecule has 1 N–H and O–H groups in total. The summed E-state index contributed by atoms with van der Waals surface area (Å²) in [4.78, 5) is 18.0. The molecule has 0 spiro atoms. The number of carbonyl (C=O) groups is 1. The van der Waals surface area contributed by atoms with E-state index in [-0.39, 0.29) is 12.4 Å². The molecule has 0 aliphatic carbocycles. The molecule has 2 heterocycles. The number of aliphatic imine (C=N–C) groups is 1. The van der Waals surface area contributed by atoms with Gasteiger partial charge in [0.05, 0.1) is 12.9 Å². The van der Waals surface area contributed by atoms with E-state index in [0.717, 1.165) is 5.56 Å². The number of hydrogen-bond acceptors (Lipinski definition) is 4. The summed E-state index contributed by atoms with van der Waals surface area (Å²) in [6.45, 7) is 0.532. The monoisotopic (exact) mass is 262 g/mol. The molecule has 0 fully saturated rings. The van der Waals surface area contributed by atoms with Crippen molar-refractivity contribution >= 4 is 18.3 Å². The second-order valence-corrected chi connectivity index (χ2v) is 4.46. The Morgan fingerprint density at radius 1 is 1.63 bits per heavy atom. The normalized spacial score (nSPS) is 14.3. The van der Waals surface area contributed by atoms with E-state index in [9.17, 15) is 10.1 Å². The Kier molecular flexibility index (Phi) is 3.42. The minimum atomic E-state index is -0.987. The largest absolute Gasteiger partial charge is 0.465 e. The fourth-order valence-corrected chi connectivity index (χ4v) is 1.93. The molecule has 0 saturated heterocycles. The molecule has 19 heavy (non-hydrogen) atoms. The van der Waals surface area contributed by atoms with Crippen LogP contribution in [0.15, 0.2) is 9.41 Å². The average molecular weight is 262 g/mol. The fourth-order valence-electron chi connectivity index (χ4n) is 1.93. The van der Waals surface area contributed by atoms with Crippen molar-refractivity contribution in [2.75, 3.05) is 20.6 Å². The van der Waals surface area contributed by atoms with Gasteiger partial charge in [-0.05, 0) is 6.42 Å². The number of fused-ring (bicyclic) bond motifs is 1. The molecule has 1 aliphatic heterocycles. The molecule has 0 aromatic carbocycles. The lowest BCUT2D eigenvalue weighted by atomic mass is 10.0. The zero-order valence-corrected chi connectivity index (χ0v) is 10.8. The first-order valence-electron chi connectivity index (χ1n) is 5.76. The Balaban J connectivity index is 2.35. The van der Waals surface area contributed by atoms with Gasteiger partial charge >= 0.3 is 6.09 Å². The lowest BCUT2D eigenvalue weighted by Gasteiger charge is -2.22. The van der Waals surface area contributed by atoms with Crippen LogP contribution in [0.25, 0.3) is 0 Å². The molecule has 1 amide bonds. The van der Waals surface area contributed by atoms with Gasteiger partial charge < -0.3 is 19.3 Å². The first-order valence-corrected chi connectivity index (χ1v) is 5.76. The maximum absolute atomic E-state index is 10.9. The lowest BCUT2D eigenvalue weighted by Crippen LogP contribution is -2.34. The van der Waals surface area contributed by atoms with Gasteiger partial charge in [0.1, 0.15) is 17.4 Å². The molecular formula is C12H14N4O3. The summed E-state index contributed by atoms with van der Waals surface area (Å²) in [6, 6.07) is 2.08. The molecule has 0 radical (unpaired) electrons. The van der Waals surface area contributed by atoms with Gasteiger partial charge in [0.25, 0.3) is 0 Å². The number of nitrogens with zero attached hydrogens (tertiary/aromatic N) is 4. The molecule has 2 rings (SSSR count). The maximum atomic E-state index is 10.9. The van der Waals surface area contributed by atoms with Gasteiger partial charge in [-0.2, -0.15) is 5.26 Å². The predicted molar refractivity (Wildman–Crippen MR) is 67.4 cm³/mol.